The van der Waals surface area contributed by atoms with Crippen LogP contribution in [-0.2, 0) is 19.1 Å². The maximum absolute atomic E-state index is 12.4. The summed E-state index contributed by atoms with van der Waals surface area (Å²) < 4.78 is 5.10. The average Bonchev–Trinajstić information content (AvgIpc) is 3.10. The Hall–Kier alpha value is -3.68. The van der Waals surface area contributed by atoms with Gasteiger partial charge in [0.25, 0.3) is 5.91 Å². The van der Waals surface area contributed by atoms with Crippen molar-refractivity contribution in [1.82, 2.24) is 0 Å². The molecule has 8 nitrogen and oxygen atoms in total. The van der Waals surface area contributed by atoms with Gasteiger partial charge in [-0.2, -0.15) is 0 Å². The van der Waals surface area contributed by atoms with Crippen molar-refractivity contribution in [3.05, 3.63) is 59.2 Å². The number of rotatable bonds is 6. The first-order valence-electron chi connectivity index (χ1n) is 9.49. The van der Waals surface area contributed by atoms with Gasteiger partial charge < -0.3 is 20.7 Å². The maximum Gasteiger partial charge on any atom is 0.311 e. The van der Waals surface area contributed by atoms with Crippen molar-refractivity contribution in [1.29, 1.82) is 0 Å². The lowest BCUT2D eigenvalue weighted by Gasteiger charge is -2.20. The largest absolute Gasteiger partial charge is 0.455 e. The quantitative estimate of drug-likeness (QED) is 0.707. The van der Waals surface area contributed by atoms with Crippen LogP contribution >= 0.6 is 0 Å². The molecular weight excluding hydrogens is 386 g/mol. The van der Waals surface area contributed by atoms with Crippen LogP contribution in [0, 0.1) is 19.8 Å². The molecule has 3 N–H and O–H groups in total. The molecule has 0 aliphatic carbocycles. The highest BCUT2D eigenvalue weighted by Crippen LogP contribution is 2.29. The van der Waals surface area contributed by atoms with Crippen LogP contribution in [0.1, 0.15) is 27.9 Å². The number of hydrogen-bond acceptors (Lipinski definition) is 5. The van der Waals surface area contributed by atoms with E-state index in [0.29, 0.717) is 11.3 Å². The predicted molar refractivity (Wildman–Crippen MR) is 111 cm³/mol. The summed E-state index contributed by atoms with van der Waals surface area (Å²) in [5.41, 5.74) is 8.76. The topological polar surface area (TPSA) is 119 Å². The summed E-state index contributed by atoms with van der Waals surface area (Å²) in [4.78, 5) is 49.5. The van der Waals surface area contributed by atoms with Crippen molar-refractivity contribution < 1.29 is 23.9 Å². The molecule has 1 heterocycles. The van der Waals surface area contributed by atoms with Gasteiger partial charge in [0.15, 0.2) is 6.61 Å². The zero-order valence-electron chi connectivity index (χ0n) is 16.8. The number of benzene rings is 2. The minimum atomic E-state index is -0.625. The van der Waals surface area contributed by atoms with Crippen molar-refractivity contribution in [3.8, 4) is 0 Å². The minimum absolute atomic E-state index is 0.0441. The molecule has 3 amide bonds. The summed E-state index contributed by atoms with van der Waals surface area (Å²) in [6, 6.07) is 11.7. The number of hydrogen-bond donors (Lipinski definition) is 2. The van der Waals surface area contributed by atoms with E-state index in [2.05, 4.69) is 5.32 Å². The molecule has 3 rings (SSSR count). The molecule has 0 spiro atoms. The monoisotopic (exact) mass is 409 g/mol. The van der Waals surface area contributed by atoms with E-state index in [-0.39, 0.29) is 18.9 Å². The zero-order chi connectivity index (χ0) is 21.8. The Morgan fingerprint density at radius 3 is 2.50 bits per heavy atom. The van der Waals surface area contributed by atoms with Crippen molar-refractivity contribution >= 4 is 35.1 Å². The van der Waals surface area contributed by atoms with Crippen LogP contribution in [0.5, 0.6) is 0 Å². The number of nitrogens with one attached hydrogen (secondary N) is 1. The smallest absolute Gasteiger partial charge is 0.311 e. The van der Waals surface area contributed by atoms with Crippen LogP contribution in [-0.4, -0.2) is 36.8 Å². The SMILES string of the molecule is Cc1cccc(N2C[C@H](C(=O)OCC(=O)Nc3ccc(C(N)=O)cc3)CC2=O)c1C. The maximum atomic E-state index is 12.4. The molecule has 8 heteroatoms. The highest BCUT2D eigenvalue weighted by Gasteiger charge is 2.37. The first kappa shape index (κ1) is 21.0. The van der Waals surface area contributed by atoms with Crippen LogP contribution < -0.4 is 16.0 Å². The zero-order valence-corrected chi connectivity index (χ0v) is 16.8. The highest BCUT2D eigenvalue weighted by molar-refractivity contribution is 6.00. The van der Waals surface area contributed by atoms with Gasteiger partial charge >= 0.3 is 5.97 Å². The standard InChI is InChI=1S/C22H23N3O5/c1-13-4-3-5-18(14(13)2)25-11-16(10-20(25)27)22(29)30-12-19(26)24-17-8-6-15(7-9-17)21(23)28/h3-9,16H,10-12H2,1-2H3,(H2,23,28)(H,24,26)/t16-/m1/s1. The third-order valence-electron chi connectivity index (χ3n) is 5.12. The van der Waals surface area contributed by atoms with Gasteiger partial charge in [0.1, 0.15) is 0 Å². The Labute approximate surface area is 174 Å². The summed E-state index contributed by atoms with van der Waals surface area (Å²) in [6.45, 7) is 3.65. The molecule has 2 aromatic carbocycles. The van der Waals surface area contributed by atoms with Gasteiger partial charge in [-0.1, -0.05) is 12.1 Å². The van der Waals surface area contributed by atoms with Crippen LogP contribution in [0.4, 0.5) is 11.4 Å². The first-order chi connectivity index (χ1) is 14.3. The molecular formula is C22H23N3O5. The van der Waals surface area contributed by atoms with Gasteiger partial charge in [-0.05, 0) is 55.3 Å². The van der Waals surface area contributed by atoms with Gasteiger partial charge in [0, 0.05) is 29.9 Å². The third-order valence-corrected chi connectivity index (χ3v) is 5.12. The predicted octanol–water partition coefficient (Wildman–Crippen LogP) is 1.94. The Kier molecular flexibility index (Phi) is 6.15. The Bertz CT molecular complexity index is 1000. The molecule has 0 unspecified atom stereocenters. The molecule has 0 saturated carbocycles. The van der Waals surface area contributed by atoms with Crippen molar-refractivity contribution in [2.75, 3.05) is 23.4 Å². The Balaban J connectivity index is 1.53. The van der Waals surface area contributed by atoms with E-state index in [4.69, 9.17) is 10.5 Å². The van der Waals surface area contributed by atoms with E-state index in [9.17, 15) is 19.2 Å². The molecule has 1 saturated heterocycles. The summed E-state index contributed by atoms with van der Waals surface area (Å²) in [6.07, 6.45) is 0.0441. The van der Waals surface area contributed by atoms with E-state index in [1.165, 1.54) is 24.3 Å². The molecule has 0 radical (unpaired) electrons. The lowest BCUT2D eigenvalue weighted by Crippen LogP contribution is -2.28. The average molecular weight is 409 g/mol. The first-order valence-corrected chi connectivity index (χ1v) is 9.49. The van der Waals surface area contributed by atoms with E-state index < -0.39 is 30.3 Å². The van der Waals surface area contributed by atoms with Crippen LogP contribution in [0.2, 0.25) is 0 Å². The highest BCUT2D eigenvalue weighted by atomic mass is 16.5. The minimum Gasteiger partial charge on any atom is -0.455 e. The normalized spacial score (nSPS) is 15.7. The third kappa shape index (κ3) is 4.65. The van der Waals surface area contributed by atoms with Gasteiger partial charge in [0.05, 0.1) is 5.92 Å². The molecule has 2 aromatic rings. The number of ether oxygens (including phenoxy) is 1. The summed E-state index contributed by atoms with van der Waals surface area (Å²) in [5, 5.41) is 2.57. The van der Waals surface area contributed by atoms with E-state index in [1.54, 1.807) is 4.90 Å². The number of amides is 3. The lowest BCUT2D eigenvalue weighted by atomic mass is 10.1. The molecule has 156 valence electrons. The molecule has 1 aliphatic rings. The second kappa shape index (κ2) is 8.77. The fourth-order valence-corrected chi connectivity index (χ4v) is 3.30. The van der Waals surface area contributed by atoms with Crippen molar-refractivity contribution in [2.24, 2.45) is 11.7 Å². The molecule has 0 bridgehead atoms. The van der Waals surface area contributed by atoms with Crippen LogP contribution in [0.3, 0.4) is 0 Å². The van der Waals surface area contributed by atoms with Gasteiger partial charge in [-0.15, -0.1) is 0 Å². The number of carbonyl (C=O) groups is 4. The van der Waals surface area contributed by atoms with E-state index in [0.717, 1.165) is 16.8 Å². The second-order valence-corrected chi connectivity index (χ2v) is 7.22. The number of nitrogens with zero attached hydrogens (tertiary/aromatic N) is 1. The lowest BCUT2D eigenvalue weighted by molar-refractivity contribution is -0.151. The van der Waals surface area contributed by atoms with Crippen LogP contribution in [0.15, 0.2) is 42.5 Å². The Morgan fingerprint density at radius 2 is 1.83 bits per heavy atom. The van der Waals surface area contributed by atoms with Crippen molar-refractivity contribution in [3.63, 3.8) is 0 Å². The molecule has 0 aromatic heterocycles. The summed E-state index contributed by atoms with van der Waals surface area (Å²) in [7, 11) is 0. The van der Waals surface area contributed by atoms with E-state index in [1.807, 2.05) is 32.0 Å². The number of primary amides is 1. The second-order valence-electron chi connectivity index (χ2n) is 7.22. The molecule has 30 heavy (non-hydrogen) atoms. The number of esters is 1. The fourth-order valence-electron chi connectivity index (χ4n) is 3.30. The van der Waals surface area contributed by atoms with Gasteiger partial charge in [-0.25, -0.2) is 0 Å². The van der Waals surface area contributed by atoms with E-state index >= 15 is 0 Å². The molecule has 1 fully saturated rings. The number of nitrogens with two attached hydrogens (primary N) is 1. The fraction of sp³-hybridized carbons (Fsp3) is 0.273. The summed E-state index contributed by atoms with van der Waals surface area (Å²) in [5.74, 6) is -2.45. The number of aryl methyl sites for hydroxylation is 1. The van der Waals surface area contributed by atoms with Crippen LogP contribution in [0.25, 0.3) is 0 Å². The molecule has 1 atom stereocenters. The Morgan fingerprint density at radius 1 is 1.13 bits per heavy atom. The number of carbonyl (C=O) groups excluding carboxylic acids is 4. The van der Waals surface area contributed by atoms with Gasteiger partial charge in [-0.3, -0.25) is 19.2 Å². The number of anilines is 2. The van der Waals surface area contributed by atoms with Crippen molar-refractivity contribution in [2.45, 2.75) is 20.3 Å². The molecule has 1 aliphatic heterocycles. The van der Waals surface area contributed by atoms with Gasteiger partial charge in [0.2, 0.25) is 11.8 Å². The summed E-state index contributed by atoms with van der Waals surface area (Å²) >= 11 is 0.